The molecule has 1 aliphatic carbocycles. The standard InChI is InChI=1S/C16H18ClNO4/c17-12-3-1-11(2-4-12)15(5-6-15)13(19)18-9-7-16(22,8-10-18)14(20)21/h1-4,22H,5-10H2,(H,20,21). The Morgan fingerprint density at radius 2 is 1.59 bits per heavy atom. The van der Waals surface area contributed by atoms with E-state index in [4.69, 9.17) is 16.7 Å². The summed E-state index contributed by atoms with van der Waals surface area (Å²) >= 11 is 5.89. The molecule has 1 heterocycles. The van der Waals surface area contributed by atoms with Gasteiger partial charge in [-0.2, -0.15) is 0 Å². The van der Waals surface area contributed by atoms with Crippen LogP contribution in [0.3, 0.4) is 0 Å². The molecule has 1 saturated heterocycles. The van der Waals surface area contributed by atoms with Crippen LogP contribution in [0.4, 0.5) is 0 Å². The van der Waals surface area contributed by atoms with Crippen LogP contribution >= 0.6 is 11.6 Å². The molecular formula is C16H18ClNO4. The van der Waals surface area contributed by atoms with Gasteiger partial charge in [-0.15, -0.1) is 0 Å². The average Bonchev–Trinajstić information content (AvgIpc) is 3.29. The molecule has 3 rings (SSSR count). The van der Waals surface area contributed by atoms with Gasteiger partial charge in [0.05, 0.1) is 5.41 Å². The summed E-state index contributed by atoms with van der Waals surface area (Å²) in [4.78, 5) is 25.5. The average molecular weight is 324 g/mol. The highest BCUT2D eigenvalue weighted by atomic mass is 35.5. The van der Waals surface area contributed by atoms with Crippen LogP contribution in [0.2, 0.25) is 5.02 Å². The number of aliphatic hydroxyl groups is 1. The van der Waals surface area contributed by atoms with E-state index in [-0.39, 0.29) is 31.8 Å². The van der Waals surface area contributed by atoms with Crippen LogP contribution in [-0.4, -0.2) is 45.7 Å². The molecule has 1 saturated carbocycles. The predicted octanol–water partition coefficient (Wildman–Crippen LogP) is 1.81. The van der Waals surface area contributed by atoms with Crippen LogP contribution in [-0.2, 0) is 15.0 Å². The second-order valence-electron chi connectivity index (χ2n) is 6.22. The van der Waals surface area contributed by atoms with Gasteiger partial charge in [0, 0.05) is 31.0 Å². The molecule has 2 fully saturated rings. The van der Waals surface area contributed by atoms with E-state index >= 15 is 0 Å². The number of likely N-dealkylation sites (tertiary alicyclic amines) is 1. The highest BCUT2D eigenvalue weighted by Crippen LogP contribution is 2.50. The van der Waals surface area contributed by atoms with Gasteiger partial charge >= 0.3 is 5.97 Å². The summed E-state index contributed by atoms with van der Waals surface area (Å²) in [6.45, 7) is 0.550. The predicted molar refractivity (Wildman–Crippen MR) is 80.8 cm³/mol. The lowest BCUT2D eigenvalue weighted by Crippen LogP contribution is -2.52. The van der Waals surface area contributed by atoms with Crippen LogP contribution in [0.15, 0.2) is 24.3 Å². The van der Waals surface area contributed by atoms with E-state index in [9.17, 15) is 14.7 Å². The highest BCUT2D eigenvalue weighted by molar-refractivity contribution is 6.30. The van der Waals surface area contributed by atoms with Crippen molar-refractivity contribution in [3.05, 3.63) is 34.9 Å². The highest BCUT2D eigenvalue weighted by Gasteiger charge is 2.54. The maximum absolute atomic E-state index is 12.8. The van der Waals surface area contributed by atoms with E-state index in [2.05, 4.69) is 0 Å². The third kappa shape index (κ3) is 2.48. The Bertz CT molecular complexity index is 601. The van der Waals surface area contributed by atoms with Crippen LogP contribution in [0, 0.1) is 0 Å². The van der Waals surface area contributed by atoms with Crippen LogP contribution in [0.5, 0.6) is 0 Å². The quantitative estimate of drug-likeness (QED) is 0.889. The number of hydrogen-bond donors (Lipinski definition) is 2. The molecule has 0 unspecified atom stereocenters. The Hall–Kier alpha value is -1.59. The maximum Gasteiger partial charge on any atom is 0.335 e. The number of carboxylic acids is 1. The van der Waals surface area contributed by atoms with Crippen molar-refractivity contribution in [3.8, 4) is 0 Å². The Labute approximate surface area is 133 Å². The van der Waals surface area contributed by atoms with Crippen molar-refractivity contribution in [1.29, 1.82) is 0 Å². The number of carbonyl (C=O) groups is 2. The number of amides is 1. The van der Waals surface area contributed by atoms with Gasteiger partial charge in [0.25, 0.3) is 0 Å². The Morgan fingerprint density at radius 1 is 1.05 bits per heavy atom. The summed E-state index contributed by atoms with van der Waals surface area (Å²) in [7, 11) is 0. The third-order valence-electron chi connectivity index (χ3n) is 4.83. The molecule has 1 aromatic rings. The van der Waals surface area contributed by atoms with Crippen LogP contribution in [0.25, 0.3) is 0 Å². The summed E-state index contributed by atoms with van der Waals surface area (Å²) in [6, 6.07) is 7.32. The van der Waals surface area contributed by atoms with Crippen molar-refractivity contribution in [2.24, 2.45) is 0 Å². The van der Waals surface area contributed by atoms with E-state index in [0.29, 0.717) is 5.02 Å². The summed E-state index contributed by atoms with van der Waals surface area (Å²) in [5.41, 5.74) is -1.22. The maximum atomic E-state index is 12.8. The van der Waals surface area contributed by atoms with Gasteiger partial charge in [0.1, 0.15) is 0 Å². The lowest BCUT2D eigenvalue weighted by Gasteiger charge is -2.37. The fourth-order valence-electron chi connectivity index (χ4n) is 3.12. The second-order valence-corrected chi connectivity index (χ2v) is 6.65. The number of piperidine rings is 1. The zero-order chi connectivity index (χ0) is 16.0. The molecule has 118 valence electrons. The lowest BCUT2D eigenvalue weighted by atomic mass is 9.89. The van der Waals surface area contributed by atoms with Crippen molar-refractivity contribution < 1.29 is 19.8 Å². The number of aliphatic carboxylic acids is 1. The SMILES string of the molecule is O=C(O)C1(O)CCN(C(=O)C2(c3ccc(Cl)cc3)CC2)CC1. The summed E-state index contributed by atoms with van der Waals surface area (Å²) in [5.74, 6) is -1.18. The number of nitrogens with zero attached hydrogens (tertiary/aromatic N) is 1. The first-order valence-corrected chi connectivity index (χ1v) is 7.76. The Kier molecular flexibility index (Phi) is 3.65. The van der Waals surface area contributed by atoms with E-state index in [1.165, 1.54) is 0 Å². The molecule has 2 aliphatic rings. The normalized spacial score (nSPS) is 22.2. The largest absolute Gasteiger partial charge is 0.479 e. The molecular weight excluding hydrogens is 306 g/mol. The number of carboxylic acid groups (broad SMARTS) is 1. The summed E-state index contributed by atoms with van der Waals surface area (Å²) in [5, 5.41) is 19.6. The molecule has 2 N–H and O–H groups in total. The lowest BCUT2D eigenvalue weighted by molar-refractivity contribution is -0.165. The van der Waals surface area contributed by atoms with Gasteiger partial charge in [0.15, 0.2) is 5.60 Å². The van der Waals surface area contributed by atoms with Gasteiger partial charge in [-0.05, 0) is 30.5 Å². The van der Waals surface area contributed by atoms with Gasteiger partial charge in [-0.1, -0.05) is 23.7 Å². The first-order valence-electron chi connectivity index (χ1n) is 7.39. The van der Waals surface area contributed by atoms with E-state index in [1.807, 2.05) is 12.1 Å². The van der Waals surface area contributed by atoms with Crippen molar-refractivity contribution >= 4 is 23.5 Å². The zero-order valence-corrected chi connectivity index (χ0v) is 12.8. The number of carbonyl (C=O) groups excluding carboxylic acids is 1. The van der Waals surface area contributed by atoms with Gasteiger partial charge in [-0.25, -0.2) is 4.79 Å². The van der Waals surface area contributed by atoms with E-state index in [0.717, 1.165) is 18.4 Å². The number of halogens is 1. The minimum atomic E-state index is -1.70. The minimum absolute atomic E-state index is 0.0299. The minimum Gasteiger partial charge on any atom is -0.479 e. The molecule has 5 nitrogen and oxygen atoms in total. The summed E-state index contributed by atoms with van der Waals surface area (Å²) < 4.78 is 0. The van der Waals surface area contributed by atoms with Crippen molar-refractivity contribution in [1.82, 2.24) is 4.90 Å². The first-order chi connectivity index (χ1) is 10.4. The third-order valence-corrected chi connectivity index (χ3v) is 5.08. The molecule has 0 aromatic heterocycles. The molecule has 1 aliphatic heterocycles. The van der Waals surface area contributed by atoms with Crippen LogP contribution < -0.4 is 0 Å². The molecule has 0 bridgehead atoms. The first kappa shape index (κ1) is 15.3. The topological polar surface area (TPSA) is 77.8 Å². The number of hydrogen-bond acceptors (Lipinski definition) is 3. The number of benzene rings is 1. The smallest absolute Gasteiger partial charge is 0.335 e. The van der Waals surface area contributed by atoms with Gasteiger partial charge < -0.3 is 15.1 Å². The van der Waals surface area contributed by atoms with E-state index < -0.39 is 17.0 Å². The van der Waals surface area contributed by atoms with Gasteiger partial charge in [0.2, 0.25) is 5.91 Å². The second kappa shape index (κ2) is 5.25. The molecule has 6 heteroatoms. The molecule has 1 amide bonds. The summed E-state index contributed by atoms with van der Waals surface area (Å²) in [6.07, 6.45) is 1.75. The van der Waals surface area contributed by atoms with Gasteiger partial charge in [-0.3, -0.25) is 4.79 Å². The molecule has 0 radical (unpaired) electrons. The Balaban J connectivity index is 1.73. The molecule has 22 heavy (non-hydrogen) atoms. The fourth-order valence-corrected chi connectivity index (χ4v) is 3.24. The van der Waals surface area contributed by atoms with Crippen LogP contribution in [0.1, 0.15) is 31.2 Å². The van der Waals surface area contributed by atoms with Crippen molar-refractivity contribution in [2.75, 3.05) is 13.1 Å². The zero-order valence-electron chi connectivity index (χ0n) is 12.1. The van der Waals surface area contributed by atoms with Crippen molar-refractivity contribution in [2.45, 2.75) is 36.7 Å². The van der Waals surface area contributed by atoms with Crippen molar-refractivity contribution in [3.63, 3.8) is 0 Å². The molecule has 0 spiro atoms. The van der Waals surface area contributed by atoms with E-state index in [1.54, 1.807) is 17.0 Å². The fraction of sp³-hybridized carbons (Fsp3) is 0.500. The molecule has 1 aromatic carbocycles. The monoisotopic (exact) mass is 323 g/mol. The molecule has 0 atom stereocenters. The number of rotatable bonds is 3. The Morgan fingerprint density at radius 3 is 2.05 bits per heavy atom.